The Kier molecular flexibility index (Phi) is 3.23. The molecule has 1 aliphatic carbocycles. The lowest BCUT2D eigenvalue weighted by molar-refractivity contribution is 0.0910. The van der Waals surface area contributed by atoms with E-state index in [0.717, 1.165) is 11.9 Å². The number of aromatic nitrogens is 2. The van der Waals surface area contributed by atoms with Crippen LogP contribution in [0.15, 0.2) is 30.9 Å². The van der Waals surface area contributed by atoms with Crippen LogP contribution in [0.2, 0.25) is 0 Å². The number of fused-ring (bicyclic) bond motifs is 1. The number of nitrogens with zero attached hydrogens (tertiary/aromatic N) is 2. The topological polar surface area (TPSA) is 46.4 Å². The van der Waals surface area contributed by atoms with Gasteiger partial charge in [0.1, 0.15) is 0 Å². The second kappa shape index (κ2) is 5.03. The van der Waals surface area contributed by atoms with Gasteiger partial charge in [-0.05, 0) is 30.9 Å². The molecule has 0 bridgehead atoms. The van der Waals surface area contributed by atoms with Gasteiger partial charge in [-0.2, -0.15) is 0 Å². The number of nitrogens with one attached hydrogen (secondary N) is 1. The number of hydrogen-bond donors (Lipinski definition) is 1. The molecule has 1 fully saturated rings. The van der Waals surface area contributed by atoms with Gasteiger partial charge in [0.05, 0.1) is 18.0 Å². The van der Waals surface area contributed by atoms with Crippen molar-refractivity contribution in [2.75, 3.05) is 0 Å². The number of carbonyl (C=O) groups excluding carboxylic acids is 1. The summed E-state index contributed by atoms with van der Waals surface area (Å²) in [6, 6.07) is 4.05. The first kappa shape index (κ1) is 12.2. The minimum Gasteiger partial charge on any atom is -0.349 e. The monoisotopic (exact) mass is 257 g/mol. The Morgan fingerprint density at radius 3 is 3.11 bits per heavy atom. The van der Waals surface area contributed by atoms with Crippen molar-refractivity contribution in [3.05, 3.63) is 36.4 Å². The van der Waals surface area contributed by atoms with Gasteiger partial charge >= 0.3 is 0 Å². The van der Waals surface area contributed by atoms with E-state index in [1.807, 2.05) is 22.7 Å². The molecule has 2 atom stereocenters. The summed E-state index contributed by atoms with van der Waals surface area (Å²) >= 11 is 0. The van der Waals surface area contributed by atoms with E-state index in [-0.39, 0.29) is 5.91 Å². The van der Waals surface area contributed by atoms with Gasteiger partial charge in [-0.3, -0.25) is 4.79 Å². The summed E-state index contributed by atoms with van der Waals surface area (Å²) in [6.07, 6.45) is 10.2. The number of amides is 1. The molecule has 0 spiro atoms. The van der Waals surface area contributed by atoms with Crippen molar-refractivity contribution < 1.29 is 4.79 Å². The molecular weight excluding hydrogens is 238 g/mol. The van der Waals surface area contributed by atoms with Gasteiger partial charge in [0.2, 0.25) is 0 Å². The van der Waals surface area contributed by atoms with Gasteiger partial charge in [-0.25, -0.2) is 4.98 Å². The molecule has 3 rings (SSSR count). The van der Waals surface area contributed by atoms with Crippen LogP contribution in [-0.2, 0) is 0 Å². The van der Waals surface area contributed by atoms with Crippen LogP contribution in [-0.4, -0.2) is 21.3 Å². The Morgan fingerprint density at radius 2 is 2.26 bits per heavy atom. The summed E-state index contributed by atoms with van der Waals surface area (Å²) in [5, 5.41) is 3.17. The van der Waals surface area contributed by atoms with Crippen molar-refractivity contribution in [2.24, 2.45) is 5.92 Å². The lowest BCUT2D eigenvalue weighted by atomic mass is 9.86. The molecule has 1 N–H and O–H groups in total. The highest BCUT2D eigenvalue weighted by Gasteiger charge is 2.23. The third-order valence-electron chi connectivity index (χ3n) is 4.10. The molecule has 2 aromatic rings. The van der Waals surface area contributed by atoms with Crippen LogP contribution in [0.3, 0.4) is 0 Å². The summed E-state index contributed by atoms with van der Waals surface area (Å²) < 4.78 is 1.90. The normalized spacial score (nSPS) is 23.4. The number of rotatable bonds is 2. The highest BCUT2D eigenvalue weighted by atomic mass is 16.1. The SMILES string of the molecule is CC1CCCCC1NC(=O)c1ccn2cncc2c1. The molecule has 0 radical (unpaired) electrons. The van der Waals surface area contributed by atoms with E-state index in [0.29, 0.717) is 17.5 Å². The smallest absolute Gasteiger partial charge is 0.251 e. The van der Waals surface area contributed by atoms with Crippen LogP contribution < -0.4 is 5.32 Å². The second-order valence-electron chi connectivity index (χ2n) is 5.48. The van der Waals surface area contributed by atoms with E-state index >= 15 is 0 Å². The van der Waals surface area contributed by atoms with Gasteiger partial charge in [-0.15, -0.1) is 0 Å². The summed E-state index contributed by atoms with van der Waals surface area (Å²) in [7, 11) is 0. The minimum atomic E-state index is 0.0300. The van der Waals surface area contributed by atoms with Crippen molar-refractivity contribution in [1.82, 2.24) is 14.7 Å². The van der Waals surface area contributed by atoms with Crippen molar-refractivity contribution in [2.45, 2.75) is 38.6 Å². The summed E-state index contributed by atoms with van der Waals surface area (Å²) in [5.74, 6) is 0.610. The van der Waals surface area contributed by atoms with Gasteiger partial charge in [0, 0.05) is 17.8 Å². The first-order valence-corrected chi connectivity index (χ1v) is 6.96. The summed E-state index contributed by atoms with van der Waals surface area (Å²) in [4.78, 5) is 16.3. The van der Waals surface area contributed by atoms with Gasteiger partial charge in [-0.1, -0.05) is 19.8 Å². The molecule has 1 amide bonds. The van der Waals surface area contributed by atoms with Crippen molar-refractivity contribution in [1.29, 1.82) is 0 Å². The van der Waals surface area contributed by atoms with Gasteiger partial charge in [0.25, 0.3) is 5.91 Å². The standard InChI is InChI=1S/C15H19N3O/c1-11-4-2-3-5-14(11)17-15(19)12-6-7-18-10-16-9-13(18)8-12/h6-11,14H,2-5H2,1H3,(H,17,19). The van der Waals surface area contributed by atoms with Crippen LogP contribution in [0.25, 0.3) is 5.52 Å². The Morgan fingerprint density at radius 1 is 1.42 bits per heavy atom. The molecule has 0 aliphatic heterocycles. The lowest BCUT2D eigenvalue weighted by Crippen LogP contribution is -2.41. The maximum Gasteiger partial charge on any atom is 0.251 e. The van der Waals surface area contributed by atoms with E-state index in [2.05, 4.69) is 17.2 Å². The van der Waals surface area contributed by atoms with Gasteiger partial charge in [0.15, 0.2) is 0 Å². The fraction of sp³-hybridized carbons (Fsp3) is 0.467. The molecule has 19 heavy (non-hydrogen) atoms. The van der Waals surface area contributed by atoms with E-state index < -0.39 is 0 Å². The fourth-order valence-corrected chi connectivity index (χ4v) is 2.84. The molecule has 4 nitrogen and oxygen atoms in total. The third kappa shape index (κ3) is 2.48. The van der Waals surface area contributed by atoms with E-state index in [9.17, 15) is 4.79 Å². The molecule has 2 unspecified atom stereocenters. The molecule has 1 saturated carbocycles. The molecular formula is C15H19N3O. The van der Waals surface area contributed by atoms with E-state index in [1.165, 1.54) is 19.3 Å². The van der Waals surface area contributed by atoms with Crippen molar-refractivity contribution in [3.8, 4) is 0 Å². The molecule has 4 heteroatoms. The predicted molar refractivity (Wildman–Crippen MR) is 74.1 cm³/mol. The first-order valence-electron chi connectivity index (χ1n) is 6.96. The number of hydrogen-bond acceptors (Lipinski definition) is 2. The van der Waals surface area contributed by atoms with Crippen molar-refractivity contribution >= 4 is 11.4 Å². The average molecular weight is 257 g/mol. The molecule has 100 valence electrons. The minimum absolute atomic E-state index is 0.0300. The van der Waals surface area contributed by atoms with Crippen molar-refractivity contribution in [3.63, 3.8) is 0 Å². The van der Waals surface area contributed by atoms with Crippen LogP contribution in [0.5, 0.6) is 0 Å². The largest absolute Gasteiger partial charge is 0.349 e. The Labute approximate surface area is 112 Å². The van der Waals surface area contributed by atoms with E-state index in [4.69, 9.17) is 0 Å². The molecule has 2 heterocycles. The van der Waals surface area contributed by atoms with Crippen LogP contribution >= 0.6 is 0 Å². The Bertz CT molecular complexity index is 590. The molecule has 0 saturated heterocycles. The molecule has 1 aliphatic rings. The Balaban J connectivity index is 1.75. The van der Waals surface area contributed by atoms with Gasteiger partial charge < -0.3 is 9.72 Å². The second-order valence-corrected chi connectivity index (χ2v) is 5.48. The predicted octanol–water partition coefficient (Wildman–Crippen LogP) is 2.64. The fourth-order valence-electron chi connectivity index (χ4n) is 2.84. The number of imidazole rings is 1. The first-order chi connectivity index (χ1) is 9.24. The highest BCUT2D eigenvalue weighted by Crippen LogP contribution is 2.24. The number of carbonyl (C=O) groups is 1. The highest BCUT2D eigenvalue weighted by molar-refractivity contribution is 5.95. The molecule has 2 aromatic heterocycles. The zero-order chi connectivity index (χ0) is 13.2. The lowest BCUT2D eigenvalue weighted by Gasteiger charge is -2.29. The summed E-state index contributed by atoms with van der Waals surface area (Å²) in [6.45, 7) is 2.23. The molecule has 0 aromatic carbocycles. The zero-order valence-electron chi connectivity index (χ0n) is 11.2. The quantitative estimate of drug-likeness (QED) is 0.899. The number of pyridine rings is 1. The van der Waals surface area contributed by atoms with Crippen LogP contribution in [0.1, 0.15) is 43.0 Å². The summed E-state index contributed by atoms with van der Waals surface area (Å²) in [5.41, 5.74) is 1.66. The average Bonchev–Trinajstić information content (AvgIpc) is 2.88. The van der Waals surface area contributed by atoms with E-state index in [1.54, 1.807) is 12.5 Å². The van der Waals surface area contributed by atoms with Crippen LogP contribution in [0, 0.1) is 5.92 Å². The third-order valence-corrected chi connectivity index (χ3v) is 4.10. The zero-order valence-corrected chi connectivity index (χ0v) is 11.2. The maximum absolute atomic E-state index is 12.3. The van der Waals surface area contributed by atoms with Crippen LogP contribution in [0.4, 0.5) is 0 Å². The maximum atomic E-state index is 12.3. The Hall–Kier alpha value is -1.84.